The van der Waals surface area contributed by atoms with Crippen LogP contribution in [0.15, 0.2) is 11.6 Å². The molecule has 4 nitrogen and oxygen atoms in total. The summed E-state index contributed by atoms with van der Waals surface area (Å²) in [5.74, 6) is 1.26. The molecule has 36 heavy (non-hydrogen) atoms. The minimum absolute atomic E-state index is 0.00250. The summed E-state index contributed by atoms with van der Waals surface area (Å²) in [6.07, 6.45) is 10.8. The molecule has 0 N–H and O–H groups in total. The van der Waals surface area contributed by atoms with Crippen LogP contribution in [0.3, 0.4) is 0 Å². The summed E-state index contributed by atoms with van der Waals surface area (Å²) >= 11 is 0. The van der Waals surface area contributed by atoms with Crippen molar-refractivity contribution in [1.29, 1.82) is 5.26 Å². The monoisotopic (exact) mass is 491 g/mol. The second kappa shape index (κ2) is 7.13. The number of allylic oxidation sites excluding steroid dienone is 2. The van der Waals surface area contributed by atoms with Crippen LogP contribution < -0.4 is 0 Å². The van der Waals surface area contributed by atoms with Crippen molar-refractivity contribution in [3.8, 4) is 6.07 Å². The molecule has 0 aromatic carbocycles. The molecule has 0 aromatic rings. The van der Waals surface area contributed by atoms with Gasteiger partial charge in [0.2, 0.25) is 0 Å². The van der Waals surface area contributed by atoms with Crippen molar-refractivity contribution in [2.45, 2.75) is 106 Å². The minimum atomic E-state index is -0.574. The van der Waals surface area contributed by atoms with E-state index in [4.69, 9.17) is 4.74 Å². The quantitative estimate of drug-likeness (QED) is 0.383. The molecule has 4 heteroatoms. The standard InChI is InChI=1S/C32H45NO3/c1-27(2)10-12-32(24-18-36-24)13-11-31(7)25(20(32)16-27)21(34)14-23-29(5)15-19(17-33)26(35)28(3,4)22(29)8-9-30(23,31)6/h15,20,22-25H,8-14,16,18H2,1-7H3/t20-,22-,23+,24-,25-,29-,30+,31+,32-/m0/s1. The highest BCUT2D eigenvalue weighted by Gasteiger charge is 2.73. The number of ether oxygens (including phenoxy) is 1. The maximum atomic E-state index is 14.5. The van der Waals surface area contributed by atoms with E-state index in [1.54, 1.807) is 0 Å². The predicted octanol–water partition coefficient (Wildman–Crippen LogP) is 6.68. The maximum Gasteiger partial charge on any atom is 0.178 e. The van der Waals surface area contributed by atoms with E-state index < -0.39 is 5.41 Å². The molecule has 0 spiro atoms. The van der Waals surface area contributed by atoms with E-state index in [0.717, 1.165) is 32.3 Å². The molecule has 1 aliphatic heterocycles. The molecule has 0 bridgehead atoms. The van der Waals surface area contributed by atoms with Gasteiger partial charge in [-0.25, -0.2) is 0 Å². The lowest BCUT2D eigenvalue weighted by Gasteiger charge is -2.72. The number of carbonyl (C=O) groups excluding carboxylic acids is 2. The van der Waals surface area contributed by atoms with Gasteiger partial charge in [-0.2, -0.15) is 5.26 Å². The number of ketones is 2. The number of hydrogen-bond acceptors (Lipinski definition) is 4. The fourth-order valence-electron chi connectivity index (χ4n) is 11.3. The average molecular weight is 492 g/mol. The Morgan fingerprint density at radius 3 is 2.22 bits per heavy atom. The Hall–Kier alpha value is -1.47. The van der Waals surface area contributed by atoms with Crippen LogP contribution in [0.1, 0.15) is 99.8 Å². The van der Waals surface area contributed by atoms with E-state index in [1.165, 1.54) is 19.3 Å². The summed E-state index contributed by atoms with van der Waals surface area (Å²) in [4.78, 5) is 27.7. The Kier molecular flexibility index (Phi) is 4.92. The van der Waals surface area contributed by atoms with Gasteiger partial charge >= 0.3 is 0 Å². The Morgan fingerprint density at radius 2 is 1.58 bits per heavy atom. The molecule has 5 aliphatic carbocycles. The van der Waals surface area contributed by atoms with Crippen molar-refractivity contribution >= 4 is 11.6 Å². The van der Waals surface area contributed by atoms with Crippen LogP contribution in [-0.4, -0.2) is 24.3 Å². The van der Waals surface area contributed by atoms with Gasteiger partial charge in [0.15, 0.2) is 5.78 Å². The molecule has 0 aromatic heterocycles. The summed E-state index contributed by atoms with van der Waals surface area (Å²) in [5, 5.41) is 9.90. The largest absolute Gasteiger partial charge is 0.373 e. The lowest BCUT2D eigenvalue weighted by molar-refractivity contribution is -0.224. The summed E-state index contributed by atoms with van der Waals surface area (Å²) in [6, 6.07) is 2.24. The SMILES string of the molecule is CC1(C)CC[C@]2([C@@H]3CO3)CC[C@]3(C)[C@H](C(=O)C[C@@H]4[C@@]5(C)C=C(C#N)C(=O)C(C)(C)[C@@H]5CC[C@]43C)[C@@H]2C1. The number of rotatable bonds is 1. The molecule has 196 valence electrons. The number of epoxide rings is 1. The van der Waals surface area contributed by atoms with Crippen LogP contribution in [-0.2, 0) is 14.3 Å². The second-order valence-corrected chi connectivity index (χ2v) is 15.7. The van der Waals surface area contributed by atoms with Crippen LogP contribution in [0.4, 0.5) is 0 Å². The van der Waals surface area contributed by atoms with Crippen LogP contribution in [0.2, 0.25) is 0 Å². The van der Waals surface area contributed by atoms with Gasteiger partial charge in [0.05, 0.1) is 18.3 Å². The summed E-state index contributed by atoms with van der Waals surface area (Å²) in [6.45, 7) is 17.0. The number of fused-ring (bicyclic) bond motifs is 7. The zero-order valence-corrected chi connectivity index (χ0v) is 23.5. The Balaban J connectivity index is 1.47. The molecule has 9 atom stereocenters. The number of nitriles is 1. The highest BCUT2D eigenvalue weighted by atomic mass is 16.6. The van der Waals surface area contributed by atoms with Gasteiger partial charge in [-0.15, -0.1) is 0 Å². The van der Waals surface area contributed by atoms with Crippen molar-refractivity contribution in [3.05, 3.63) is 11.6 Å². The van der Waals surface area contributed by atoms with Gasteiger partial charge in [-0.1, -0.05) is 54.5 Å². The van der Waals surface area contributed by atoms with Gasteiger partial charge in [0.1, 0.15) is 11.9 Å². The molecule has 5 fully saturated rings. The molecule has 4 saturated carbocycles. The molecular weight excluding hydrogens is 446 g/mol. The molecule has 1 saturated heterocycles. The summed E-state index contributed by atoms with van der Waals surface area (Å²) < 4.78 is 6.02. The minimum Gasteiger partial charge on any atom is -0.373 e. The lowest BCUT2D eigenvalue weighted by atomic mass is 9.31. The van der Waals surface area contributed by atoms with Crippen molar-refractivity contribution in [3.63, 3.8) is 0 Å². The van der Waals surface area contributed by atoms with Gasteiger partial charge in [0.25, 0.3) is 0 Å². The Labute approximate surface area is 217 Å². The highest BCUT2D eigenvalue weighted by Crippen LogP contribution is 2.76. The molecule has 0 radical (unpaired) electrons. The van der Waals surface area contributed by atoms with Crippen LogP contribution >= 0.6 is 0 Å². The van der Waals surface area contributed by atoms with E-state index >= 15 is 0 Å². The zero-order valence-electron chi connectivity index (χ0n) is 23.5. The molecular formula is C32H45NO3. The van der Waals surface area contributed by atoms with E-state index in [-0.39, 0.29) is 50.6 Å². The van der Waals surface area contributed by atoms with Crippen molar-refractivity contribution in [2.24, 2.45) is 56.2 Å². The van der Waals surface area contributed by atoms with E-state index in [0.29, 0.717) is 29.8 Å². The third kappa shape index (κ3) is 2.85. The topological polar surface area (TPSA) is 70.5 Å². The van der Waals surface area contributed by atoms with E-state index in [1.807, 2.05) is 19.9 Å². The highest BCUT2D eigenvalue weighted by molar-refractivity contribution is 6.04. The van der Waals surface area contributed by atoms with Gasteiger partial charge in [-0.05, 0) is 84.4 Å². The first-order chi connectivity index (χ1) is 16.7. The van der Waals surface area contributed by atoms with Crippen molar-refractivity contribution < 1.29 is 14.3 Å². The van der Waals surface area contributed by atoms with E-state index in [2.05, 4.69) is 40.7 Å². The molecule has 0 amide bonds. The third-order valence-electron chi connectivity index (χ3n) is 13.5. The summed E-state index contributed by atoms with van der Waals surface area (Å²) in [5.41, 5.74) is -0.209. The fraction of sp³-hybridized carbons (Fsp3) is 0.844. The van der Waals surface area contributed by atoms with Crippen molar-refractivity contribution in [2.75, 3.05) is 6.61 Å². The molecule has 6 rings (SSSR count). The second-order valence-electron chi connectivity index (χ2n) is 15.7. The number of hydrogen-bond donors (Lipinski definition) is 0. The van der Waals surface area contributed by atoms with Crippen LogP contribution in [0.5, 0.6) is 0 Å². The van der Waals surface area contributed by atoms with Crippen molar-refractivity contribution in [1.82, 2.24) is 0 Å². The van der Waals surface area contributed by atoms with Gasteiger partial charge in [0, 0.05) is 23.2 Å². The first-order valence-corrected chi connectivity index (χ1v) is 14.5. The van der Waals surface area contributed by atoms with E-state index in [9.17, 15) is 14.9 Å². The third-order valence-corrected chi connectivity index (χ3v) is 13.5. The zero-order chi connectivity index (χ0) is 26.1. The van der Waals surface area contributed by atoms with Gasteiger partial charge in [-0.3, -0.25) is 9.59 Å². The fourth-order valence-corrected chi connectivity index (χ4v) is 11.3. The summed E-state index contributed by atoms with van der Waals surface area (Å²) in [7, 11) is 0. The van der Waals surface area contributed by atoms with Gasteiger partial charge < -0.3 is 4.74 Å². The Morgan fingerprint density at radius 1 is 0.917 bits per heavy atom. The number of nitrogens with zero attached hydrogens (tertiary/aromatic N) is 1. The number of Topliss-reactive ketones (excluding diaryl/α,β-unsaturated/α-hetero) is 2. The predicted molar refractivity (Wildman–Crippen MR) is 139 cm³/mol. The lowest BCUT2D eigenvalue weighted by Crippen LogP contribution is -2.69. The average Bonchev–Trinajstić information content (AvgIpc) is 3.63. The maximum absolute atomic E-state index is 14.5. The normalized spacial score (nSPS) is 52.6. The first kappa shape index (κ1) is 24.8. The first-order valence-electron chi connectivity index (χ1n) is 14.5. The van der Waals surface area contributed by atoms with Crippen LogP contribution in [0, 0.1) is 67.5 Å². The smallest absolute Gasteiger partial charge is 0.178 e. The molecule has 1 heterocycles. The Bertz CT molecular complexity index is 1110. The molecule has 0 unspecified atom stereocenters. The number of carbonyl (C=O) groups is 2. The van der Waals surface area contributed by atoms with Crippen LogP contribution in [0.25, 0.3) is 0 Å². The molecule has 6 aliphatic rings.